The summed E-state index contributed by atoms with van der Waals surface area (Å²) in [4.78, 5) is 13.2. The number of ether oxygens (including phenoxy) is 1. The van der Waals surface area contributed by atoms with E-state index in [4.69, 9.17) is 34.3 Å². The van der Waals surface area contributed by atoms with Crippen LogP contribution in [0.5, 0.6) is 5.75 Å². The molecule has 0 atom stereocenters. The molecule has 0 radical (unpaired) electrons. The summed E-state index contributed by atoms with van der Waals surface area (Å²) < 4.78 is 5.51. The van der Waals surface area contributed by atoms with Crippen molar-refractivity contribution in [2.45, 2.75) is 12.8 Å². The second kappa shape index (κ2) is 7.31. The fourth-order valence-electron chi connectivity index (χ4n) is 1.40. The molecule has 1 rings (SSSR count). The molecule has 0 bridgehead atoms. The molecule has 0 aliphatic rings. The quantitative estimate of drug-likeness (QED) is 0.646. The third kappa shape index (κ3) is 5.04. The molecule has 6 heteroatoms. The number of halogens is 1. The van der Waals surface area contributed by atoms with E-state index in [9.17, 15) is 4.79 Å². The summed E-state index contributed by atoms with van der Waals surface area (Å²) in [6, 6.07) is 5.16. The van der Waals surface area contributed by atoms with Gasteiger partial charge in [0.1, 0.15) is 10.7 Å². The summed E-state index contributed by atoms with van der Waals surface area (Å²) in [7, 11) is 3.46. The van der Waals surface area contributed by atoms with E-state index in [1.54, 1.807) is 37.2 Å². The number of nitrogens with two attached hydrogens (primary N) is 1. The van der Waals surface area contributed by atoms with Crippen LogP contribution in [0.3, 0.4) is 0 Å². The van der Waals surface area contributed by atoms with Gasteiger partial charge in [-0.15, -0.1) is 0 Å². The summed E-state index contributed by atoms with van der Waals surface area (Å²) in [6.07, 6.45) is 1.10. The smallest absolute Gasteiger partial charge is 0.222 e. The standard InChI is InChI=1S/C13H17ClN2O2S/c1-16(2)12(17)4-3-7-18-11-6-5-9(13(15)19)8-10(11)14/h5-6,8H,3-4,7H2,1-2H3,(H2,15,19). The molecule has 19 heavy (non-hydrogen) atoms. The van der Waals surface area contributed by atoms with Crippen LogP contribution in [0.15, 0.2) is 18.2 Å². The van der Waals surface area contributed by atoms with Gasteiger partial charge in [0.15, 0.2) is 0 Å². The van der Waals surface area contributed by atoms with Crippen LogP contribution in [0.1, 0.15) is 18.4 Å². The Kier molecular flexibility index (Phi) is 6.05. The average Bonchev–Trinajstić information content (AvgIpc) is 2.35. The highest BCUT2D eigenvalue weighted by Gasteiger charge is 2.06. The summed E-state index contributed by atoms with van der Waals surface area (Å²) in [5.74, 6) is 0.650. The fourth-order valence-corrected chi connectivity index (χ4v) is 1.76. The Labute approximate surface area is 123 Å². The molecule has 2 N–H and O–H groups in total. The summed E-state index contributed by atoms with van der Waals surface area (Å²) in [5.41, 5.74) is 6.21. The van der Waals surface area contributed by atoms with Gasteiger partial charge in [-0.2, -0.15) is 0 Å². The Morgan fingerprint density at radius 1 is 1.47 bits per heavy atom. The Morgan fingerprint density at radius 3 is 2.68 bits per heavy atom. The van der Waals surface area contributed by atoms with Crippen molar-refractivity contribution in [3.8, 4) is 5.75 Å². The Morgan fingerprint density at radius 2 is 2.16 bits per heavy atom. The molecule has 0 aliphatic carbocycles. The second-order valence-corrected chi connectivity index (χ2v) is 5.10. The maximum atomic E-state index is 11.4. The minimum absolute atomic E-state index is 0.0820. The van der Waals surface area contributed by atoms with Gasteiger partial charge in [-0.25, -0.2) is 0 Å². The predicted octanol–water partition coefficient (Wildman–Crippen LogP) is 2.22. The third-order valence-corrected chi connectivity index (χ3v) is 3.04. The van der Waals surface area contributed by atoms with Crippen LogP contribution in [0, 0.1) is 0 Å². The zero-order valence-electron chi connectivity index (χ0n) is 11.0. The number of thiocarbonyl (C=S) groups is 1. The fraction of sp³-hybridized carbons (Fsp3) is 0.385. The monoisotopic (exact) mass is 300 g/mol. The number of nitrogens with zero attached hydrogens (tertiary/aromatic N) is 1. The highest BCUT2D eigenvalue weighted by Crippen LogP contribution is 2.25. The minimum Gasteiger partial charge on any atom is -0.492 e. The number of amides is 1. The predicted molar refractivity (Wildman–Crippen MR) is 80.8 cm³/mol. The van der Waals surface area contributed by atoms with Crippen LogP contribution >= 0.6 is 23.8 Å². The van der Waals surface area contributed by atoms with E-state index in [-0.39, 0.29) is 5.91 Å². The maximum Gasteiger partial charge on any atom is 0.222 e. The highest BCUT2D eigenvalue weighted by molar-refractivity contribution is 7.80. The van der Waals surface area contributed by atoms with Crippen LogP contribution in [0.2, 0.25) is 5.02 Å². The van der Waals surface area contributed by atoms with Gasteiger partial charge in [0.05, 0.1) is 11.6 Å². The van der Waals surface area contributed by atoms with Gasteiger partial charge in [0.2, 0.25) is 5.91 Å². The molecule has 0 saturated carbocycles. The van der Waals surface area contributed by atoms with E-state index < -0.39 is 0 Å². The van der Waals surface area contributed by atoms with E-state index >= 15 is 0 Å². The van der Waals surface area contributed by atoms with Gasteiger partial charge in [-0.05, 0) is 24.6 Å². The Hall–Kier alpha value is -1.33. The Balaban J connectivity index is 2.46. The SMILES string of the molecule is CN(C)C(=O)CCCOc1ccc(C(N)=S)cc1Cl. The number of benzene rings is 1. The van der Waals surface area contributed by atoms with Gasteiger partial charge < -0.3 is 15.4 Å². The molecule has 0 aliphatic heterocycles. The number of carbonyl (C=O) groups excluding carboxylic acids is 1. The number of hydrogen-bond acceptors (Lipinski definition) is 3. The number of carbonyl (C=O) groups is 1. The lowest BCUT2D eigenvalue weighted by atomic mass is 10.2. The first kappa shape index (κ1) is 15.7. The van der Waals surface area contributed by atoms with Crippen LogP contribution in [-0.4, -0.2) is 36.5 Å². The first-order valence-corrected chi connectivity index (χ1v) is 6.62. The van der Waals surface area contributed by atoms with Crippen molar-refractivity contribution in [3.63, 3.8) is 0 Å². The summed E-state index contributed by atoms with van der Waals surface area (Å²) in [5, 5.41) is 0.462. The van der Waals surface area contributed by atoms with Gasteiger partial charge in [0, 0.05) is 26.1 Å². The lowest BCUT2D eigenvalue weighted by molar-refractivity contribution is -0.128. The van der Waals surface area contributed by atoms with E-state index in [1.807, 2.05) is 0 Å². The van der Waals surface area contributed by atoms with E-state index in [0.717, 1.165) is 0 Å². The van der Waals surface area contributed by atoms with Crippen LogP contribution in [0.25, 0.3) is 0 Å². The second-order valence-electron chi connectivity index (χ2n) is 4.25. The molecule has 104 valence electrons. The minimum atomic E-state index is 0.0820. The molecule has 0 fully saturated rings. The zero-order chi connectivity index (χ0) is 14.4. The van der Waals surface area contributed by atoms with Crippen molar-refractivity contribution >= 4 is 34.7 Å². The molecule has 0 spiro atoms. The molecule has 0 aromatic heterocycles. The first-order valence-electron chi connectivity index (χ1n) is 5.84. The summed E-state index contributed by atoms with van der Waals surface area (Å²) >= 11 is 10.9. The average molecular weight is 301 g/mol. The van der Waals surface area contributed by atoms with Gasteiger partial charge in [0.25, 0.3) is 0 Å². The van der Waals surface area contributed by atoms with Crippen molar-refractivity contribution < 1.29 is 9.53 Å². The first-order chi connectivity index (χ1) is 8.91. The van der Waals surface area contributed by atoms with E-state index in [2.05, 4.69) is 0 Å². The molecule has 1 amide bonds. The molecule has 1 aromatic rings. The lowest BCUT2D eigenvalue weighted by Crippen LogP contribution is -2.21. The zero-order valence-corrected chi connectivity index (χ0v) is 12.6. The van der Waals surface area contributed by atoms with Crippen molar-refractivity contribution in [2.75, 3.05) is 20.7 Å². The molecule has 4 nitrogen and oxygen atoms in total. The lowest BCUT2D eigenvalue weighted by Gasteiger charge is -2.11. The van der Waals surface area contributed by atoms with E-state index in [0.29, 0.717) is 40.8 Å². The van der Waals surface area contributed by atoms with Crippen LogP contribution in [0.4, 0.5) is 0 Å². The van der Waals surface area contributed by atoms with Crippen LogP contribution in [-0.2, 0) is 4.79 Å². The number of hydrogen-bond donors (Lipinski definition) is 1. The van der Waals surface area contributed by atoms with Crippen molar-refractivity contribution in [1.29, 1.82) is 0 Å². The van der Waals surface area contributed by atoms with Gasteiger partial charge in [-0.3, -0.25) is 4.79 Å². The molecule has 0 heterocycles. The topological polar surface area (TPSA) is 55.6 Å². The largest absolute Gasteiger partial charge is 0.492 e. The van der Waals surface area contributed by atoms with Crippen molar-refractivity contribution in [2.24, 2.45) is 5.73 Å². The molecular weight excluding hydrogens is 284 g/mol. The molecule has 1 aromatic carbocycles. The highest BCUT2D eigenvalue weighted by atomic mass is 35.5. The van der Waals surface area contributed by atoms with Crippen LogP contribution < -0.4 is 10.5 Å². The normalized spacial score (nSPS) is 10.1. The Bertz CT molecular complexity index is 478. The van der Waals surface area contributed by atoms with E-state index in [1.165, 1.54) is 0 Å². The molecule has 0 unspecified atom stereocenters. The molecular formula is C13H17ClN2O2S. The van der Waals surface area contributed by atoms with Gasteiger partial charge >= 0.3 is 0 Å². The van der Waals surface area contributed by atoms with Crippen molar-refractivity contribution in [1.82, 2.24) is 4.90 Å². The van der Waals surface area contributed by atoms with Gasteiger partial charge in [-0.1, -0.05) is 23.8 Å². The summed E-state index contributed by atoms with van der Waals surface area (Å²) in [6.45, 7) is 0.436. The van der Waals surface area contributed by atoms with Crippen molar-refractivity contribution in [3.05, 3.63) is 28.8 Å². The maximum absolute atomic E-state index is 11.4. The molecule has 0 saturated heterocycles. The number of rotatable bonds is 6. The third-order valence-electron chi connectivity index (χ3n) is 2.51.